The van der Waals surface area contributed by atoms with Crippen molar-refractivity contribution in [1.82, 2.24) is 10.2 Å². The van der Waals surface area contributed by atoms with Crippen molar-refractivity contribution in [3.8, 4) is 0 Å². The van der Waals surface area contributed by atoms with E-state index in [0.29, 0.717) is 25.4 Å². The topological polar surface area (TPSA) is 58.6 Å². The van der Waals surface area contributed by atoms with Gasteiger partial charge in [-0.2, -0.15) is 0 Å². The van der Waals surface area contributed by atoms with Gasteiger partial charge in [-0.05, 0) is 38.5 Å². The molecule has 3 rings (SSSR count). The molecule has 2 unspecified atom stereocenters. The largest absolute Gasteiger partial charge is 0.376 e. The molecule has 0 aromatic carbocycles. The van der Waals surface area contributed by atoms with Crippen LogP contribution in [0.15, 0.2) is 0 Å². The predicted octanol–water partition coefficient (Wildman–Crippen LogP) is 0.683. The Kier molecular flexibility index (Phi) is 3.25. The SMILES string of the molecule is CC1(C2CC2)NC(=O)CCN(CC2CCCO2)C1=O. The lowest BCUT2D eigenvalue weighted by Gasteiger charge is -2.33. The number of carbonyl (C=O) groups excluding carboxylic acids is 2. The number of amides is 2. The van der Waals surface area contributed by atoms with Crippen LogP contribution in [0, 0.1) is 5.92 Å². The van der Waals surface area contributed by atoms with Gasteiger partial charge in [0.15, 0.2) is 0 Å². The van der Waals surface area contributed by atoms with E-state index in [1.54, 1.807) is 0 Å². The van der Waals surface area contributed by atoms with Gasteiger partial charge in [0.2, 0.25) is 11.8 Å². The van der Waals surface area contributed by atoms with Crippen LogP contribution in [0.25, 0.3) is 0 Å². The van der Waals surface area contributed by atoms with E-state index < -0.39 is 5.54 Å². The Morgan fingerprint density at radius 2 is 2.16 bits per heavy atom. The Hall–Kier alpha value is -1.10. The molecule has 2 atom stereocenters. The van der Waals surface area contributed by atoms with Gasteiger partial charge >= 0.3 is 0 Å². The zero-order valence-electron chi connectivity index (χ0n) is 11.5. The highest BCUT2D eigenvalue weighted by molar-refractivity contribution is 5.93. The Morgan fingerprint density at radius 3 is 2.79 bits per heavy atom. The molecule has 106 valence electrons. The minimum absolute atomic E-state index is 0.00223. The Bertz CT molecular complexity index is 388. The number of carbonyl (C=O) groups is 2. The van der Waals surface area contributed by atoms with Gasteiger partial charge in [0.25, 0.3) is 0 Å². The molecule has 2 amide bonds. The van der Waals surface area contributed by atoms with Crippen LogP contribution >= 0.6 is 0 Å². The lowest BCUT2D eigenvalue weighted by molar-refractivity contribution is -0.140. The molecule has 5 heteroatoms. The van der Waals surface area contributed by atoms with Crippen molar-refractivity contribution >= 4 is 11.8 Å². The van der Waals surface area contributed by atoms with Crippen molar-refractivity contribution in [2.45, 2.75) is 50.7 Å². The highest BCUT2D eigenvalue weighted by Gasteiger charge is 2.51. The second kappa shape index (κ2) is 4.78. The predicted molar refractivity (Wildman–Crippen MR) is 69.4 cm³/mol. The summed E-state index contributed by atoms with van der Waals surface area (Å²) in [6, 6.07) is 0. The Morgan fingerprint density at radius 1 is 1.37 bits per heavy atom. The maximum absolute atomic E-state index is 12.7. The first-order valence-corrected chi connectivity index (χ1v) is 7.31. The minimum atomic E-state index is -0.688. The van der Waals surface area contributed by atoms with Crippen molar-refractivity contribution in [1.29, 1.82) is 0 Å². The summed E-state index contributed by atoms with van der Waals surface area (Å²) in [6.07, 6.45) is 4.73. The molecule has 0 bridgehead atoms. The van der Waals surface area contributed by atoms with E-state index in [2.05, 4.69) is 5.32 Å². The minimum Gasteiger partial charge on any atom is -0.376 e. The van der Waals surface area contributed by atoms with Crippen molar-refractivity contribution < 1.29 is 14.3 Å². The van der Waals surface area contributed by atoms with Gasteiger partial charge in [-0.1, -0.05) is 0 Å². The van der Waals surface area contributed by atoms with E-state index in [1.165, 1.54) is 0 Å². The van der Waals surface area contributed by atoms with Gasteiger partial charge in [-0.25, -0.2) is 0 Å². The first-order valence-electron chi connectivity index (χ1n) is 7.31. The molecular weight excluding hydrogens is 244 g/mol. The van der Waals surface area contributed by atoms with Gasteiger partial charge in [0.1, 0.15) is 5.54 Å². The van der Waals surface area contributed by atoms with E-state index in [0.717, 1.165) is 32.3 Å². The lowest BCUT2D eigenvalue weighted by Crippen LogP contribution is -2.57. The first-order chi connectivity index (χ1) is 9.09. The third-order valence-electron chi connectivity index (χ3n) is 4.58. The molecule has 0 spiro atoms. The van der Waals surface area contributed by atoms with Gasteiger partial charge in [-0.15, -0.1) is 0 Å². The molecule has 19 heavy (non-hydrogen) atoms. The van der Waals surface area contributed by atoms with Crippen molar-refractivity contribution in [2.24, 2.45) is 5.92 Å². The maximum atomic E-state index is 12.7. The molecule has 1 saturated carbocycles. The van der Waals surface area contributed by atoms with Gasteiger partial charge in [0, 0.05) is 26.1 Å². The molecule has 0 aromatic rings. The molecule has 1 aliphatic carbocycles. The summed E-state index contributed by atoms with van der Waals surface area (Å²) in [5, 5.41) is 2.95. The molecule has 2 aliphatic heterocycles. The van der Waals surface area contributed by atoms with Crippen LogP contribution in [0.1, 0.15) is 39.0 Å². The van der Waals surface area contributed by atoms with Crippen LogP contribution in [-0.2, 0) is 14.3 Å². The standard InChI is InChI=1S/C14H22N2O3/c1-14(10-4-5-10)13(18)16(7-6-12(17)15-14)9-11-3-2-8-19-11/h10-11H,2-9H2,1H3,(H,15,17). The summed E-state index contributed by atoms with van der Waals surface area (Å²) in [7, 11) is 0. The summed E-state index contributed by atoms with van der Waals surface area (Å²) >= 11 is 0. The molecule has 2 saturated heterocycles. The summed E-state index contributed by atoms with van der Waals surface area (Å²) in [6.45, 7) is 3.84. The molecule has 3 aliphatic rings. The molecule has 1 N–H and O–H groups in total. The van der Waals surface area contributed by atoms with Gasteiger partial charge in [0.05, 0.1) is 6.10 Å². The Balaban J connectivity index is 1.75. The number of nitrogens with one attached hydrogen (secondary N) is 1. The third-order valence-corrected chi connectivity index (χ3v) is 4.58. The van der Waals surface area contributed by atoms with Crippen molar-refractivity contribution in [3.63, 3.8) is 0 Å². The molecule has 0 aromatic heterocycles. The molecule has 5 nitrogen and oxygen atoms in total. The smallest absolute Gasteiger partial charge is 0.248 e. The fourth-order valence-electron chi connectivity index (χ4n) is 3.22. The zero-order chi connectivity index (χ0) is 13.5. The number of nitrogens with zero attached hydrogens (tertiary/aromatic N) is 1. The van der Waals surface area contributed by atoms with E-state index in [4.69, 9.17) is 4.74 Å². The lowest BCUT2D eigenvalue weighted by atomic mass is 9.94. The Labute approximate surface area is 113 Å². The second-order valence-electron chi connectivity index (χ2n) is 6.16. The molecular formula is C14H22N2O3. The van der Waals surface area contributed by atoms with E-state index >= 15 is 0 Å². The summed E-state index contributed by atoms with van der Waals surface area (Å²) in [4.78, 5) is 26.4. The fourth-order valence-corrected chi connectivity index (χ4v) is 3.22. The highest BCUT2D eigenvalue weighted by Crippen LogP contribution is 2.41. The molecule has 3 fully saturated rings. The number of ether oxygens (including phenoxy) is 1. The van der Waals surface area contributed by atoms with Crippen LogP contribution in [0.4, 0.5) is 0 Å². The van der Waals surface area contributed by atoms with E-state index in [-0.39, 0.29) is 17.9 Å². The summed E-state index contributed by atoms with van der Waals surface area (Å²) in [5.41, 5.74) is -0.688. The van der Waals surface area contributed by atoms with Gasteiger partial charge < -0.3 is 15.0 Å². The quantitative estimate of drug-likeness (QED) is 0.817. The van der Waals surface area contributed by atoms with E-state index in [1.807, 2.05) is 11.8 Å². The van der Waals surface area contributed by atoms with Crippen LogP contribution in [0.2, 0.25) is 0 Å². The number of hydrogen-bond donors (Lipinski definition) is 1. The van der Waals surface area contributed by atoms with Crippen molar-refractivity contribution in [2.75, 3.05) is 19.7 Å². The summed E-state index contributed by atoms with van der Waals surface area (Å²) < 4.78 is 5.62. The second-order valence-corrected chi connectivity index (χ2v) is 6.16. The number of rotatable bonds is 3. The first kappa shape index (κ1) is 12.9. The average molecular weight is 266 g/mol. The zero-order valence-corrected chi connectivity index (χ0v) is 11.5. The van der Waals surface area contributed by atoms with Crippen LogP contribution in [0.5, 0.6) is 0 Å². The average Bonchev–Trinajstić information content (AvgIpc) is 3.13. The fraction of sp³-hybridized carbons (Fsp3) is 0.857. The summed E-state index contributed by atoms with van der Waals surface area (Å²) in [5.74, 6) is 0.392. The van der Waals surface area contributed by atoms with Crippen molar-refractivity contribution in [3.05, 3.63) is 0 Å². The monoisotopic (exact) mass is 266 g/mol. The van der Waals surface area contributed by atoms with Crippen LogP contribution < -0.4 is 5.32 Å². The van der Waals surface area contributed by atoms with Gasteiger partial charge in [-0.3, -0.25) is 9.59 Å². The molecule has 2 heterocycles. The van der Waals surface area contributed by atoms with Crippen LogP contribution in [-0.4, -0.2) is 48.1 Å². The third kappa shape index (κ3) is 2.48. The number of hydrogen-bond acceptors (Lipinski definition) is 3. The van der Waals surface area contributed by atoms with Crippen LogP contribution in [0.3, 0.4) is 0 Å². The van der Waals surface area contributed by atoms with E-state index in [9.17, 15) is 9.59 Å². The molecule has 0 radical (unpaired) electrons. The normalized spacial score (nSPS) is 36.3. The maximum Gasteiger partial charge on any atom is 0.248 e. The highest BCUT2D eigenvalue weighted by atomic mass is 16.5.